The zero-order valence-corrected chi connectivity index (χ0v) is 12.0. The summed E-state index contributed by atoms with van der Waals surface area (Å²) in [6.45, 7) is 5.67. The molecular formula is C14H17BrO2. The van der Waals surface area contributed by atoms with Crippen molar-refractivity contribution in [2.75, 3.05) is 0 Å². The van der Waals surface area contributed by atoms with E-state index in [2.05, 4.69) is 28.1 Å². The van der Waals surface area contributed by atoms with Gasteiger partial charge in [-0.1, -0.05) is 46.3 Å². The molecule has 1 aromatic carbocycles. The van der Waals surface area contributed by atoms with Gasteiger partial charge in [0.25, 0.3) is 0 Å². The fourth-order valence-corrected chi connectivity index (χ4v) is 2.56. The van der Waals surface area contributed by atoms with Crippen LogP contribution >= 0.6 is 15.9 Å². The minimum atomic E-state index is -0.512. The highest BCUT2D eigenvalue weighted by Crippen LogP contribution is 2.58. The van der Waals surface area contributed by atoms with Gasteiger partial charge in [-0.15, -0.1) is 0 Å². The summed E-state index contributed by atoms with van der Waals surface area (Å²) in [5, 5.41) is 0. The minimum absolute atomic E-state index is 0.154. The monoisotopic (exact) mass is 296 g/mol. The number of esters is 1. The summed E-state index contributed by atoms with van der Waals surface area (Å²) < 4.78 is 4.92. The number of carbonyl (C=O) groups is 1. The number of hydrogen-bond donors (Lipinski definition) is 0. The van der Waals surface area contributed by atoms with Crippen LogP contribution in [0.2, 0.25) is 0 Å². The molecule has 0 aromatic heterocycles. The second-order valence-corrected chi connectivity index (χ2v) is 6.95. The Morgan fingerprint density at radius 1 is 1.35 bits per heavy atom. The molecule has 0 unspecified atom stereocenters. The zero-order valence-electron chi connectivity index (χ0n) is 10.4. The van der Waals surface area contributed by atoms with E-state index >= 15 is 0 Å². The van der Waals surface area contributed by atoms with Crippen molar-refractivity contribution in [2.24, 2.45) is 0 Å². The fraction of sp³-hybridized carbons (Fsp3) is 0.500. The van der Waals surface area contributed by atoms with Crippen LogP contribution in [0.3, 0.4) is 0 Å². The Hall–Kier alpha value is -0.830. The van der Waals surface area contributed by atoms with Crippen molar-refractivity contribution in [3.8, 4) is 0 Å². The third kappa shape index (κ3) is 2.71. The number of ether oxygens (including phenoxy) is 1. The molecule has 0 aliphatic heterocycles. The number of benzene rings is 1. The third-order valence-corrected chi connectivity index (χ3v) is 4.03. The van der Waals surface area contributed by atoms with E-state index in [0.29, 0.717) is 0 Å². The predicted molar refractivity (Wildman–Crippen MR) is 71.3 cm³/mol. The van der Waals surface area contributed by atoms with E-state index in [1.807, 2.05) is 39.0 Å². The van der Waals surface area contributed by atoms with Crippen LogP contribution in [0.1, 0.15) is 38.7 Å². The first kappa shape index (κ1) is 12.6. The highest BCUT2D eigenvalue weighted by Gasteiger charge is 2.60. The third-order valence-electron chi connectivity index (χ3n) is 2.83. The summed E-state index contributed by atoms with van der Waals surface area (Å²) >= 11 is 3.54. The zero-order chi connectivity index (χ0) is 12.7. The molecule has 1 aliphatic rings. The van der Waals surface area contributed by atoms with Gasteiger partial charge in [0.05, 0.1) is 0 Å². The predicted octanol–water partition coefficient (Wildman–Crippen LogP) is 3.65. The van der Waals surface area contributed by atoms with Gasteiger partial charge in [0.2, 0.25) is 0 Å². The normalized spacial score (nSPS) is 27.6. The van der Waals surface area contributed by atoms with Crippen molar-refractivity contribution in [1.29, 1.82) is 0 Å². The lowest BCUT2D eigenvalue weighted by atomic mass is 10.1. The lowest BCUT2D eigenvalue weighted by molar-refractivity contribution is -0.154. The number of hydrogen-bond acceptors (Lipinski definition) is 2. The molecule has 0 spiro atoms. The molecule has 92 valence electrons. The molecule has 0 saturated heterocycles. The van der Waals surface area contributed by atoms with Gasteiger partial charge in [0, 0.05) is 5.92 Å². The Bertz CT molecular complexity index is 422. The second kappa shape index (κ2) is 4.13. The van der Waals surface area contributed by atoms with E-state index < -0.39 is 9.93 Å². The molecule has 2 nitrogen and oxygen atoms in total. The Balaban J connectivity index is 2.07. The van der Waals surface area contributed by atoms with E-state index in [1.165, 1.54) is 5.56 Å². The molecule has 3 heteroatoms. The molecule has 0 radical (unpaired) electrons. The maximum absolute atomic E-state index is 12.1. The van der Waals surface area contributed by atoms with Crippen LogP contribution in [-0.2, 0) is 9.53 Å². The summed E-state index contributed by atoms with van der Waals surface area (Å²) in [4.78, 5) is 12.1. The van der Waals surface area contributed by atoms with Crippen molar-refractivity contribution < 1.29 is 9.53 Å². The molecule has 2 atom stereocenters. The Kier molecular flexibility index (Phi) is 3.06. The average Bonchev–Trinajstić information content (AvgIpc) is 2.91. The van der Waals surface area contributed by atoms with E-state index in [4.69, 9.17) is 4.74 Å². The molecule has 1 fully saturated rings. The summed E-state index contributed by atoms with van der Waals surface area (Å²) in [5.41, 5.74) is 0.761. The highest BCUT2D eigenvalue weighted by molar-refractivity contribution is 9.10. The number of halogens is 1. The molecule has 0 N–H and O–H groups in total. The molecule has 2 rings (SSSR count). The highest BCUT2D eigenvalue weighted by atomic mass is 79.9. The topological polar surface area (TPSA) is 26.3 Å². The van der Waals surface area contributed by atoms with E-state index in [9.17, 15) is 4.79 Å². The molecule has 0 amide bonds. The van der Waals surface area contributed by atoms with Gasteiger partial charge in [-0.2, -0.15) is 0 Å². The van der Waals surface area contributed by atoms with Gasteiger partial charge in [-0.05, 0) is 32.8 Å². The number of carbonyl (C=O) groups excluding carboxylic acids is 1. The molecule has 17 heavy (non-hydrogen) atoms. The van der Waals surface area contributed by atoms with Crippen molar-refractivity contribution >= 4 is 21.9 Å². The molecular weight excluding hydrogens is 280 g/mol. The Labute approximate surface area is 110 Å². The van der Waals surface area contributed by atoms with Crippen LogP contribution in [-0.4, -0.2) is 15.9 Å². The van der Waals surface area contributed by atoms with Crippen LogP contribution in [0.15, 0.2) is 30.3 Å². The smallest absolute Gasteiger partial charge is 0.324 e. The largest absolute Gasteiger partial charge is 0.459 e. The fourth-order valence-electron chi connectivity index (χ4n) is 1.89. The van der Waals surface area contributed by atoms with Crippen molar-refractivity contribution in [3.63, 3.8) is 0 Å². The molecule has 0 heterocycles. The van der Waals surface area contributed by atoms with Crippen LogP contribution < -0.4 is 0 Å². The number of alkyl halides is 1. The van der Waals surface area contributed by atoms with Crippen LogP contribution in [0.5, 0.6) is 0 Å². The summed E-state index contributed by atoms with van der Waals surface area (Å²) in [6, 6.07) is 10.1. The van der Waals surface area contributed by atoms with Crippen molar-refractivity contribution in [1.82, 2.24) is 0 Å². The number of rotatable bonds is 2. The SMILES string of the molecule is CC(C)(C)OC(=O)[C@]1(Br)C[C@H]1c1ccccc1. The summed E-state index contributed by atoms with van der Waals surface area (Å²) in [7, 11) is 0. The molecule has 1 saturated carbocycles. The lowest BCUT2D eigenvalue weighted by Gasteiger charge is -2.22. The first-order valence-corrected chi connectivity index (χ1v) is 6.59. The van der Waals surface area contributed by atoms with Crippen molar-refractivity contribution in [3.05, 3.63) is 35.9 Å². The lowest BCUT2D eigenvalue weighted by Crippen LogP contribution is -2.30. The first-order valence-electron chi connectivity index (χ1n) is 5.80. The average molecular weight is 297 g/mol. The maximum atomic E-state index is 12.1. The van der Waals surface area contributed by atoms with Crippen LogP contribution in [0.4, 0.5) is 0 Å². The Morgan fingerprint density at radius 2 is 1.94 bits per heavy atom. The van der Waals surface area contributed by atoms with Gasteiger partial charge < -0.3 is 4.74 Å². The maximum Gasteiger partial charge on any atom is 0.324 e. The second-order valence-electron chi connectivity index (χ2n) is 5.53. The molecule has 1 aromatic rings. The van der Waals surface area contributed by atoms with Gasteiger partial charge in [0.1, 0.15) is 9.93 Å². The van der Waals surface area contributed by atoms with Crippen LogP contribution in [0.25, 0.3) is 0 Å². The van der Waals surface area contributed by atoms with Crippen LogP contribution in [0, 0.1) is 0 Å². The molecule has 1 aliphatic carbocycles. The quantitative estimate of drug-likeness (QED) is 0.615. The van der Waals surface area contributed by atoms with Gasteiger partial charge in [-0.25, -0.2) is 0 Å². The van der Waals surface area contributed by atoms with Crippen molar-refractivity contribution in [2.45, 2.75) is 43.0 Å². The molecule has 0 bridgehead atoms. The van der Waals surface area contributed by atoms with Gasteiger partial charge >= 0.3 is 5.97 Å². The van der Waals surface area contributed by atoms with E-state index in [0.717, 1.165) is 6.42 Å². The van der Waals surface area contributed by atoms with E-state index in [1.54, 1.807) is 0 Å². The first-order chi connectivity index (χ1) is 7.83. The summed E-state index contributed by atoms with van der Waals surface area (Å²) in [6.07, 6.45) is 0.811. The Morgan fingerprint density at radius 3 is 2.47 bits per heavy atom. The standard InChI is InChI=1S/C14H17BrO2/c1-13(2,3)17-12(16)14(15)9-11(14)10-7-5-4-6-8-10/h4-8,11H,9H2,1-3H3/t11-,14-/m0/s1. The van der Waals surface area contributed by atoms with E-state index in [-0.39, 0.29) is 11.9 Å². The van der Waals surface area contributed by atoms with Gasteiger partial charge in [0.15, 0.2) is 0 Å². The van der Waals surface area contributed by atoms with Gasteiger partial charge in [-0.3, -0.25) is 4.79 Å². The summed E-state index contributed by atoms with van der Waals surface area (Å²) in [5.74, 6) is 0.0809. The minimum Gasteiger partial charge on any atom is -0.459 e.